The lowest BCUT2D eigenvalue weighted by Crippen LogP contribution is -2.38. The number of hydrogen-bond acceptors (Lipinski definition) is 3. The van der Waals surface area contributed by atoms with Gasteiger partial charge in [-0.25, -0.2) is 9.99 Å². The zero-order valence-corrected chi connectivity index (χ0v) is 6.75. The van der Waals surface area contributed by atoms with Gasteiger partial charge in [0.05, 0.1) is 12.7 Å². The summed E-state index contributed by atoms with van der Waals surface area (Å²) in [5, 5.41) is 2.44. The van der Waals surface area contributed by atoms with Crippen LogP contribution < -0.4 is 5.84 Å². The van der Waals surface area contributed by atoms with Gasteiger partial charge in [-0.1, -0.05) is 11.6 Å². The standard InChI is InChI=1S/C6H9ClN4/c7-5-3-9-6-4-10(8)1-2-11(5)6/h3H,1-2,4,8H2. The molecule has 2 heterocycles. The van der Waals surface area contributed by atoms with Crippen LogP contribution in [-0.4, -0.2) is 21.1 Å². The van der Waals surface area contributed by atoms with Crippen molar-refractivity contribution in [2.24, 2.45) is 5.84 Å². The number of hydrazine groups is 1. The first-order valence-electron chi connectivity index (χ1n) is 3.47. The summed E-state index contributed by atoms with van der Waals surface area (Å²) >= 11 is 5.85. The topological polar surface area (TPSA) is 47.1 Å². The summed E-state index contributed by atoms with van der Waals surface area (Å²) in [6.07, 6.45) is 1.66. The maximum atomic E-state index is 5.85. The maximum absolute atomic E-state index is 5.85. The number of hydrogen-bond donors (Lipinski definition) is 1. The zero-order chi connectivity index (χ0) is 7.84. The van der Waals surface area contributed by atoms with Crippen LogP contribution in [-0.2, 0) is 13.1 Å². The van der Waals surface area contributed by atoms with E-state index >= 15 is 0 Å². The zero-order valence-electron chi connectivity index (χ0n) is 6.00. The molecule has 0 amide bonds. The van der Waals surface area contributed by atoms with E-state index in [0.717, 1.165) is 18.9 Å². The second-order valence-corrected chi connectivity index (χ2v) is 3.01. The van der Waals surface area contributed by atoms with Gasteiger partial charge in [-0.15, -0.1) is 0 Å². The van der Waals surface area contributed by atoms with Crippen molar-refractivity contribution in [1.29, 1.82) is 0 Å². The molecule has 1 aliphatic rings. The molecule has 4 nitrogen and oxygen atoms in total. The van der Waals surface area contributed by atoms with Crippen molar-refractivity contribution in [3.8, 4) is 0 Å². The van der Waals surface area contributed by atoms with Crippen LogP contribution in [0.25, 0.3) is 0 Å². The molecule has 0 aromatic carbocycles. The highest BCUT2D eigenvalue weighted by atomic mass is 35.5. The highest BCUT2D eigenvalue weighted by Crippen LogP contribution is 2.15. The summed E-state index contributed by atoms with van der Waals surface area (Å²) < 4.78 is 1.98. The van der Waals surface area contributed by atoms with Gasteiger partial charge < -0.3 is 4.57 Å². The molecule has 1 aliphatic heterocycles. The van der Waals surface area contributed by atoms with E-state index in [1.807, 2.05) is 4.57 Å². The molecule has 11 heavy (non-hydrogen) atoms. The Morgan fingerprint density at radius 3 is 3.18 bits per heavy atom. The Morgan fingerprint density at radius 1 is 1.55 bits per heavy atom. The number of aromatic nitrogens is 2. The molecule has 0 unspecified atom stereocenters. The monoisotopic (exact) mass is 172 g/mol. The van der Waals surface area contributed by atoms with Crippen molar-refractivity contribution in [2.75, 3.05) is 6.54 Å². The van der Waals surface area contributed by atoms with Crippen molar-refractivity contribution >= 4 is 11.6 Å². The van der Waals surface area contributed by atoms with Gasteiger partial charge in [0.1, 0.15) is 11.0 Å². The molecule has 5 heteroatoms. The molecule has 1 aromatic heterocycles. The summed E-state index contributed by atoms with van der Waals surface area (Å²) in [6, 6.07) is 0. The highest BCUT2D eigenvalue weighted by Gasteiger charge is 2.15. The molecule has 60 valence electrons. The first-order chi connectivity index (χ1) is 5.27. The van der Waals surface area contributed by atoms with Gasteiger partial charge in [-0.2, -0.15) is 0 Å². The molecule has 0 spiro atoms. The van der Waals surface area contributed by atoms with E-state index in [0.29, 0.717) is 11.7 Å². The molecular weight excluding hydrogens is 164 g/mol. The average Bonchev–Trinajstić information content (AvgIpc) is 2.32. The predicted octanol–water partition coefficient (Wildman–Crippen LogP) is 0.226. The SMILES string of the molecule is NN1CCn2c(Cl)cnc2C1. The molecule has 0 aliphatic carbocycles. The molecular formula is C6H9ClN4. The molecule has 0 radical (unpaired) electrons. The molecule has 0 fully saturated rings. The van der Waals surface area contributed by atoms with Crippen molar-refractivity contribution in [1.82, 2.24) is 14.6 Å². The normalized spacial score (nSPS) is 18.4. The predicted molar refractivity (Wildman–Crippen MR) is 41.8 cm³/mol. The van der Waals surface area contributed by atoms with Crippen LogP contribution in [0.4, 0.5) is 0 Å². The van der Waals surface area contributed by atoms with E-state index in [4.69, 9.17) is 17.4 Å². The lowest BCUT2D eigenvalue weighted by molar-refractivity contribution is 0.223. The van der Waals surface area contributed by atoms with Crippen molar-refractivity contribution in [2.45, 2.75) is 13.1 Å². The average molecular weight is 173 g/mol. The van der Waals surface area contributed by atoms with Gasteiger partial charge >= 0.3 is 0 Å². The largest absolute Gasteiger partial charge is 0.317 e. The molecule has 2 N–H and O–H groups in total. The fourth-order valence-electron chi connectivity index (χ4n) is 1.24. The van der Waals surface area contributed by atoms with Crippen LogP contribution >= 0.6 is 11.6 Å². The third-order valence-corrected chi connectivity index (χ3v) is 2.15. The summed E-state index contributed by atoms with van der Waals surface area (Å²) in [7, 11) is 0. The molecule has 2 rings (SSSR count). The number of halogens is 1. The molecule has 0 saturated heterocycles. The van der Waals surface area contributed by atoms with Crippen LogP contribution in [0, 0.1) is 0 Å². The minimum Gasteiger partial charge on any atom is -0.317 e. The van der Waals surface area contributed by atoms with Crippen molar-refractivity contribution in [3.63, 3.8) is 0 Å². The van der Waals surface area contributed by atoms with E-state index in [2.05, 4.69) is 4.98 Å². The highest BCUT2D eigenvalue weighted by molar-refractivity contribution is 6.29. The first-order valence-corrected chi connectivity index (χ1v) is 3.85. The molecule has 1 aromatic rings. The van der Waals surface area contributed by atoms with Gasteiger partial charge in [0, 0.05) is 13.1 Å². The molecule has 0 bridgehead atoms. The Morgan fingerprint density at radius 2 is 2.36 bits per heavy atom. The van der Waals surface area contributed by atoms with Gasteiger partial charge in [-0.3, -0.25) is 5.84 Å². The number of imidazole rings is 1. The van der Waals surface area contributed by atoms with Crippen LogP contribution in [0.2, 0.25) is 5.15 Å². The van der Waals surface area contributed by atoms with E-state index in [1.54, 1.807) is 11.2 Å². The Labute approximate surface area is 69.5 Å². The Balaban J connectivity index is 2.36. The van der Waals surface area contributed by atoms with Crippen LogP contribution in [0.15, 0.2) is 6.20 Å². The van der Waals surface area contributed by atoms with Crippen molar-refractivity contribution in [3.05, 3.63) is 17.2 Å². The summed E-state index contributed by atoms with van der Waals surface area (Å²) in [6.45, 7) is 2.36. The van der Waals surface area contributed by atoms with Crippen LogP contribution in [0.1, 0.15) is 5.82 Å². The Hall–Kier alpha value is -0.580. The fourth-order valence-corrected chi connectivity index (χ4v) is 1.47. The Kier molecular flexibility index (Phi) is 1.60. The second-order valence-electron chi connectivity index (χ2n) is 2.62. The third-order valence-electron chi connectivity index (χ3n) is 1.84. The smallest absolute Gasteiger partial charge is 0.128 e. The van der Waals surface area contributed by atoms with E-state index in [1.165, 1.54) is 0 Å². The number of nitrogens with two attached hydrogens (primary N) is 1. The van der Waals surface area contributed by atoms with Crippen LogP contribution in [0.5, 0.6) is 0 Å². The minimum absolute atomic E-state index is 0.687. The van der Waals surface area contributed by atoms with Crippen LogP contribution in [0.3, 0.4) is 0 Å². The van der Waals surface area contributed by atoms with E-state index < -0.39 is 0 Å². The third kappa shape index (κ3) is 1.13. The Bertz CT molecular complexity index is 270. The minimum atomic E-state index is 0.687. The summed E-state index contributed by atoms with van der Waals surface area (Å²) in [5.74, 6) is 6.54. The van der Waals surface area contributed by atoms with Gasteiger partial charge in [0.15, 0.2) is 0 Å². The number of fused-ring (bicyclic) bond motifs is 1. The summed E-state index contributed by atoms with van der Waals surface area (Å²) in [5.41, 5.74) is 0. The van der Waals surface area contributed by atoms with Gasteiger partial charge in [0.25, 0.3) is 0 Å². The second kappa shape index (κ2) is 2.48. The first kappa shape index (κ1) is 7.09. The number of rotatable bonds is 0. The number of nitrogens with zero attached hydrogens (tertiary/aromatic N) is 3. The maximum Gasteiger partial charge on any atom is 0.128 e. The lowest BCUT2D eigenvalue weighted by atomic mass is 10.4. The van der Waals surface area contributed by atoms with Gasteiger partial charge in [0.2, 0.25) is 0 Å². The van der Waals surface area contributed by atoms with Gasteiger partial charge in [-0.05, 0) is 0 Å². The lowest BCUT2D eigenvalue weighted by Gasteiger charge is -2.23. The quantitative estimate of drug-likeness (QED) is 0.570. The molecule has 0 atom stereocenters. The van der Waals surface area contributed by atoms with E-state index in [9.17, 15) is 0 Å². The van der Waals surface area contributed by atoms with E-state index in [-0.39, 0.29) is 0 Å². The summed E-state index contributed by atoms with van der Waals surface area (Å²) in [4.78, 5) is 4.12. The fraction of sp³-hybridized carbons (Fsp3) is 0.500. The molecule has 0 saturated carbocycles. The van der Waals surface area contributed by atoms with Crippen molar-refractivity contribution < 1.29 is 0 Å².